The van der Waals surface area contributed by atoms with E-state index in [1.54, 1.807) is 18.6 Å². The van der Waals surface area contributed by atoms with Crippen LogP contribution in [0.3, 0.4) is 0 Å². The first-order valence-corrected chi connectivity index (χ1v) is 13.1. The number of piperidine rings is 1. The Bertz CT molecular complexity index is 1140. The third kappa shape index (κ3) is 4.97. The van der Waals surface area contributed by atoms with Crippen molar-refractivity contribution in [3.63, 3.8) is 0 Å². The summed E-state index contributed by atoms with van der Waals surface area (Å²) in [6, 6.07) is 8.83. The predicted molar refractivity (Wildman–Crippen MR) is 134 cm³/mol. The van der Waals surface area contributed by atoms with Crippen molar-refractivity contribution in [3.8, 4) is 0 Å². The summed E-state index contributed by atoms with van der Waals surface area (Å²) in [5.41, 5.74) is 4.53. The topological polar surface area (TPSA) is 109 Å². The second kappa shape index (κ2) is 9.97. The lowest BCUT2D eigenvalue weighted by atomic mass is 9.67. The molecule has 3 aromatic rings. The number of fused-ring (bicyclic) bond motifs is 1. The molecule has 0 unspecified atom stereocenters. The van der Waals surface area contributed by atoms with E-state index in [4.69, 9.17) is 4.74 Å². The fourth-order valence-electron chi connectivity index (χ4n) is 6.09. The lowest BCUT2D eigenvalue weighted by molar-refractivity contribution is -0.0295. The molecule has 0 radical (unpaired) electrons. The van der Waals surface area contributed by atoms with E-state index in [9.17, 15) is 4.79 Å². The zero-order chi connectivity index (χ0) is 24.4. The van der Waals surface area contributed by atoms with Crippen molar-refractivity contribution in [2.24, 2.45) is 5.41 Å². The highest BCUT2D eigenvalue weighted by molar-refractivity contribution is 5.93. The fourth-order valence-corrected chi connectivity index (χ4v) is 6.09. The molecule has 1 aromatic carbocycles. The highest BCUT2D eigenvalue weighted by Crippen LogP contribution is 2.45. The van der Waals surface area contributed by atoms with E-state index in [0.717, 1.165) is 70.2 Å². The quantitative estimate of drug-likeness (QED) is 0.547. The van der Waals surface area contributed by atoms with E-state index in [-0.39, 0.29) is 12.0 Å². The molecule has 9 nitrogen and oxygen atoms in total. The maximum atomic E-state index is 13.1. The van der Waals surface area contributed by atoms with Crippen LogP contribution in [0.15, 0.2) is 42.9 Å². The van der Waals surface area contributed by atoms with Gasteiger partial charge in [-0.05, 0) is 67.9 Å². The van der Waals surface area contributed by atoms with Crippen molar-refractivity contribution in [2.75, 3.05) is 18.4 Å². The number of H-pyrrole nitrogens is 1. The maximum absolute atomic E-state index is 13.1. The lowest BCUT2D eigenvalue weighted by Gasteiger charge is -2.45. The molecule has 2 aromatic heterocycles. The Morgan fingerprint density at radius 3 is 2.39 bits per heavy atom. The molecule has 9 heteroatoms. The van der Waals surface area contributed by atoms with Crippen LogP contribution >= 0.6 is 0 Å². The fraction of sp³-hybridized carbons (Fsp3) is 0.519. The maximum Gasteiger partial charge on any atom is 0.256 e. The molecule has 6 rings (SSSR count). The molecule has 2 fully saturated rings. The molecule has 188 valence electrons. The van der Waals surface area contributed by atoms with Crippen LogP contribution in [-0.2, 0) is 24.2 Å². The van der Waals surface area contributed by atoms with E-state index in [1.165, 1.54) is 11.1 Å². The number of aromatic amines is 1. The number of nitrogens with one attached hydrogen (secondary N) is 2. The molecule has 0 atom stereocenters. The summed E-state index contributed by atoms with van der Waals surface area (Å²) in [5, 5.41) is 13.9. The van der Waals surface area contributed by atoms with Crippen LogP contribution in [-0.4, -0.2) is 61.4 Å². The summed E-state index contributed by atoms with van der Waals surface area (Å²) in [4.78, 5) is 24.0. The number of anilines is 1. The zero-order valence-electron chi connectivity index (χ0n) is 20.5. The molecule has 3 heterocycles. The SMILES string of the molecule is O=C(c1cnc(NC2Cc3ccccc3C2)nc1)N1CCC2(CCC(OCc3c[nH]nn3)CC2)CC1. The summed E-state index contributed by atoms with van der Waals surface area (Å²) in [6.07, 6.45) is 13.9. The van der Waals surface area contributed by atoms with E-state index in [1.807, 2.05) is 4.90 Å². The average Bonchev–Trinajstić information content (AvgIpc) is 3.58. The number of nitrogens with zero attached hydrogens (tertiary/aromatic N) is 5. The first kappa shape index (κ1) is 23.1. The highest BCUT2D eigenvalue weighted by atomic mass is 16.5. The minimum Gasteiger partial charge on any atom is -0.372 e. The molecule has 1 spiro atoms. The van der Waals surface area contributed by atoms with Gasteiger partial charge in [-0.25, -0.2) is 9.97 Å². The van der Waals surface area contributed by atoms with Gasteiger partial charge >= 0.3 is 0 Å². The number of hydrogen-bond acceptors (Lipinski definition) is 7. The Morgan fingerprint density at radius 1 is 1.06 bits per heavy atom. The molecule has 1 aliphatic heterocycles. The van der Waals surface area contributed by atoms with Gasteiger partial charge < -0.3 is 15.0 Å². The normalized spacial score (nSPS) is 19.9. The molecule has 1 saturated heterocycles. The minimum absolute atomic E-state index is 0.0364. The van der Waals surface area contributed by atoms with Crippen molar-refractivity contribution < 1.29 is 9.53 Å². The van der Waals surface area contributed by atoms with Crippen LogP contribution in [0, 0.1) is 5.41 Å². The van der Waals surface area contributed by atoms with Gasteiger partial charge in [0.15, 0.2) is 0 Å². The Hall–Kier alpha value is -3.33. The number of aromatic nitrogens is 5. The first-order chi connectivity index (χ1) is 17.7. The third-order valence-electron chi connectivity index (χ3n) is 8.32. The van der Waals surface area contributed by atoms with Gasteiger partial charge in [0.1, 0.15) is 5.69 Å². The van der Waals surface area contributed by atoms with Gasteiger partial charge in [-0.15, -0.1) is 5.10 Å². The molecular weight excluding hydrogens is 454 g/mol. The van der Waals surface area contributed by atoms with Crippen molar-refractivity contribution >= 4 is 11.9 Å². The molecular formula is C27H33N7O2. The van der Waals surface area contributed by atoms with Crippen molar-refractivity contribution in [3.05, 3.63) is 65.2 Å². The summed E-state index contributed by atoms with van der Waals surface area (Å²) in [7, 11) is 0. The molecule has 1 amide bonds. The van der Waals surface area contributed by atoms with Crippen LogP contribution in [0.2, 0.25) is 0 Å². The standard InChI is InChI=1S/C27H33N7O2/c35-25(21-15-28-26(29-16-21)31-22-13-19-3-1-2-4-20(19)14-22)34-11-9-27(10-12-34)7-5-24(6-8-27)36-18-23-17-30-33-32-23/h1-4,15-17,22,24H,5-14,18H2,(H,28,29,31)(H,30,32,33). The van der Waals surface area contributed by atoms with Gasteiger partial charge in [0.2, 0.25) is 5.95 Å². The Kier molecular flexibility index (Phi) is 6.39. The molecule has 0 bridgehead atoms. The van der Waals surface area contributed by atoms with Gasteiger partial charge in [-0.1, -0.05) is 29.5 Å². The number of benzene rings is 1. The van der Waals surface area contributed by atoms with Gasteiger partial charge in [0.25, 0.3) is 5.91 Å². The van der Waals surface area contributed by atoms with Crippen LogP contribution in [0.4, 0.5) is 5.95 Å². The number of carbonyl (C=O) groups excluding carboxylic acids is 1. The third-order valence-corrected chi connectivity index (χ3v) is 8.32. The van der Waals surface area contributed by atoms with Gasteiger partial charge in [0.05, 0.1) is 18.3 Å². The Balaban J connectivity index is 0.967. The molecule has 2 N–H and O–H groups in total. The lowest BCUT2D eigenvalue weighted by Crippen LogP contribution is -2.45. The Morgan fingerprint density at radius 2 is 1.75 bits per heavy atom. The highest BCUT2D eigenvalue weighted by Gasteiger charge is 2.39. The molecule has 36 heavy (non-hydrogen) atoms. The monoisotopic (exact) mass is 487 g/mol. The largest absolute Gasteiger partial charge is 0.372 e. The van der Waals surface area contributed by atoms with Crippen LogP contribution < -0.4 is 5.32 Å². The van der Waals surface area contributed by atoms with E-state index in [2.05, 4.69) is 55.0 Å². The van der Waals surface area contributed by atoms with E-state index < -0.39 is 0 Å². The second-order valence-corrected chi connectivity index (χ2v) is 10.6. The van der Waals surface area contributed by atoms with Gasteiger partial charge in [-0.3, -0.25) is 9.89 Å². The van der Waals surface area contributed by atoms with Crippen LogP contribution in [0.1, 0.15) is 65.7 Å². The summed E-state index contributed by atoms with van der Waals surface area (Å²) in [6.45, 7) is 2.11. The predicted octanol–water partition coefficient (Wildman–Crippen LogP) is 3.56. The number of carbonyl (C=O) groups is 1. The Labute approximate surface area is 211 Å². The molecule has 2 aliphatic carbocycles. The van der Waals surface area contributed by atoms with Gasteiger partial charge in [-0.2, -0.15) is 0 Å². The van der Waals surface area contributed by atoms with E-state index >= 15 is 0 Å². The first-order valence-electron chi connectivity index (χ1n) is 13.1. The summed E-state index contributed by atoms with van der Waals surface area (Å²) >= 11 is 0. The smallest absolute Gasteiger partial charge is 0.256 e. The molecule has 1 saturated carbocycles. The number of rotatable bonds is 6. The average molecular weight is 488 g/mol. The number of hydrogen-bond donors (Lipinski definition) is 2. The van der Waals surface area contributed by atoms with Crippen molar-refractivity contribution in [1.82, 2.24) is 30.3 Å². The zero-order valence-corrected chi connectivity index (χ0v) is 20.5. The summed E-state index contributed by atoms with van der Waals surface area (Å²) in [5.74, 6) is 0.624. The second-order valence-electron chi connectivity index (χ2n) is 10.6. The van der Waals surface area contributed by atoms with Crippen LogP contribution in [0.25, 0.3) is 0 Å². The molecule has 3 aliphatic rings. The number of ether oxygens (including phenoxy) is 1. The number of likely N-dealkylation sites (tertiary alicyclic amines) is 1. The summed E-state index contributed by atoms with van der Waals surface area (Å²) < 4.78 is 6.04. The minimum atomic E-state index is 0.0364. The van der Waals surface area contributed by atoms with Crippen LogP contribution in [0.5, 0.6) is 0 Å². The van der Waals surface area contributed by atoms with E-state index in [0.29, 0.717) is 29.6 Å². The number of amides is 1. The van der Waals surface area contributed by atoms with Crippen molar-refractivity contribution in [1.29, 1.82) is 0 Å². The van der Waals surface area contributed by atoms with Gasteiger partial charge in [0, 0.05) is 37.7 Å². The van der Waals surface area contributed by atoms with Crippen molar-refractivity contribution in [2.45, 2.75) is 70.1 Å².